The van der Waals surface area contributed by atoms with E-state index in [1.807, 2.05) is 13.8 Å². The Bertz CT molecular complexity index is 531. The highest BCUT2D eigenvalue weighted by atomic mass is 35.5. The van der Waals surface area contributed by atoms with Crippen LogP contribution < -0.4 is 0 Å². The van der Waals surface area contributed by atoms with Gasteiger partial charge in [0.1, 0.15) is 5.75 Å². The van der Waals surface area contributed by atoms with Gasteiger partial charge in [-0.2, -0.15) is 0 Å². The fraction of sp³-hybridized carbons (Fsp3) is 0.625. The molecule has 0 aromatic heterocycles. The second-order valence-electron chi connectivity index (χ2n) is 5.86. The van der Waals surface area contributed by atoms with Gasteiger partial charge in [-0.1, -0.05) is 57.7 Å². The van der Waals surface area contributed by atoms with Gasteiger partial charge in [0.2, 0.25) is 0 Å². The van der Waals surface area contributed by atoms with Crippen LogP contribution >= 0.6 is 19.2 Å². The van der Waals surface area contributed by atoms with Gasteiger partial charge in [-0.05, 0) is 29.5 Å². The lowest BCUT2D eigenvalue weighted by molar-refractivity contribution is 0.252. The molecule has 0 saturated heterocycles. The maximum Gasteiger partial charge on any atom is 0.332 e. The molecule has 0 radical (unpaired) electrons. The molecule has 2 N–H and O–H groups in total. The molecule has 0 amide bonds. The molecule has 22 heavy (non-hydrogen) atoms. The molecule has 0 heterocycles. The van der Waals surface area contributed by atoms with E-state index < -0.39 is 7.60 Å². The number of phenolic OH excluding ortho intramolecular Hbond substituents is 1. The van der Waals surface area contributed by atoms with Crippen molar-refractivity contribution in [2.75, 3.05) is 6.61 Å². The molecule has 0 bridgehead atoms. The van der Waals surface area contributed by atoms with Crippen molar-refractivity contribution in [1.29, 1.82) is 0 Å². The summed E-state index contributed by atoms with van der Waals surface area (Å²) in [7, 11) is -3.69. The highest BCUT2D eigenvalue weighted by molar-refractivity contribution is 7.51. The van der Waals surface area contributed by atoms with Crippen molar-refractivity contribution in [2.24, 2.45) is 0 Å². The van der Waals surface area contributed by atoms with Crippen LogP contribution in [-0.4, -0.2) is 16.6 Å². The SMILES string of the molecule is CCCCCCOP(=O)(O)Cc1cc(Cl)c(O)c(C(C)C)c1. The molecule has 0 fully saturated rings. The van der Waals surface area contributed by atoms with Crippen LogP contribution in [0.1, 0.15) is 63.5 Å². The average molecular weight is 349 g/mol. The van der Waals surface area contributed by atoms with E-state index in [-0.39, 0.29) is 29.5 Å². The lowest BCUT2D eigenvalue weighted by Crippen LogP contribution is -1.98. The smallest absolute Gasteiger partial charge is 0.332 e. The first-order valence-corrected chi connectivity index (χ1v) is 9.88. The zero-order valence-corrected chi connectivity index (χ0v) is 15.2. The highest BCUT2D eigenvalue weighted by Gasteiger charge is 2.22. The second kappa shape index (κ2) is 8.93. The first-order chi connectivity index (χ1) is 10.3. The maximum atomic E-state index is 12.1. The molecule has 1 aromatic carbocycles. The summed E-state index contributed by atoms with van der Waals surface area (Å²) in [5.41, 5.74) is 1.27. The monoisotopic (exact) mass is 348 g/mol. The number of benzene rings is 1. The minimum absolute atomic E-state index is 0.0358. The quantitative estimate of drug-likeness (QED) is 0.460. The molecule has 0 saturated carbocycles. The molecule has 0 spiro atoms. The Morgan fingerprint density at radius 1 is 1.27 bits per heavy atom. The van der Waals surface area contributed by atoms with Crippen molar-refractivity contribution in [3.63, 3.8) is 0 Å². The Hall–Kier alpha value is -0.540. The summed E-state index contributed by atoms with van der Waals surface area (Å²) in [6.07, 6.45) is 3.90. The lowest BCUT2D eigenvalue weighted by atomic mass is 10.00. The Morgan fingerprint density at radius 3 is 2.55 bits per heavy atom. The molecule has 0 aliphatic carbocycles. The topological polar surface area (TPSA) is 66.8 Å². The van der Waals surface area contributed by atoms with Gasteiger partial charge < -0.3 is 14.5 Å². The largest absolute Gasteiger partial charge is 0.506 e. The van der Waals surface area contributed by atoms with E-state index >= 15 is 0 Å². The molecular formula is C16H26ClO4P. The average Bonchev–Trinajstić information content (AvgIpc) is 2.41. The van der Waals surface area contributed by atoms with Gasteiger partial charge in [0.15, 0.2) is 0 Å². The minimum atomic E-state index is -3.69. The lowest BCUT2D eigenvalue weighted by Gasteiger charge is -2.15. The Morgan fingerprint density at radius 2 is 1.95 bits per heavy atom. The summed E-state index contributed by atoms with van der Waals surface area (Å²) in [6, 6.07) is 3.24. The summed E-state index contributed by atoms with van der Waals surface area (Å²) < 4.78 is 17.3. The molecule has 0 aliphatic rings. The number of aromatic hydroxyl groups is 1. The van der Waals surface area contributed by atoms with Gasteiger partial charge in [0, 0.05) is 0 Å². The summed E-state index contributed by atoms with van der Waals surface area (Å²) in [4.78, 5) is 9.94. The summed E-state index contributed by atoms with van der Waals surface area (Å²) in [5.74, 6) is 0.110. The number of phenols is 1. The molecule has 1 unspecified atom stereocenters. The van der Waals surface area contributed by atoms with E-state index in [9.17, 15) is 14.6 Å². The highest BCUT2D eigenvalue weighted by Crippen LogP contribution is 2.47. The van der Waals surface area contributed by atoms with Gasteiger partial charge in [0.05, 0.1) is 17.8 Å². The molecule has 4 nitrogen and oxygen atoms in total. The van der Waals surface area contributed by atoms with Gasteiger partial charge in [-0.3, -0.25) is 4.57 Å². The first kappa shape index (κ1) is 19.5. The molecule has 1 aromatic rings. The zero-order valence-electron chi connectivity index (χ0n) is 13.5. The van der Waals surface area contributed by atoms with E-state index in [2.05, 4.69) is 6.92 Å². The van der Waals surface area contributed by atoms with Crippen molar-refractivity contribution in [1.82, 2.24) is 0 Å². The van der Waals surface area contributed by atoms with Crippen molar-refractivity contribution >= 4 is 19.2 Å². The van der Waals surface area contributed by atoms with Crippen molar-refractivity contribution in [2.45, 2.75) is 58.5 Å². The zero-order chi connectivity index (χ0) is 16.8. The number of unbranched alkanes of at least 4 members (excludes halogenated alkanes) is 3. The van der Waals surface area contributed by atoms with E-state index in [1.54, 1.807) is 6.07 Å². The van der Waals surface area contributed by atoms with Crippen molar-refractivity contribution in [3.8, 4) is 5.75 Å². The Labute approximate surface area is 138 Å². The van der Waals surface area contributed by atoms with E-state index in [1.165, 1.54) is 6.07 Å². The molecule has 0 aliphatic heterocycles. The predicted molar refractivity (Wildman–Crippen MR) is 90.8 cm³/mol. The van der Waals surface area contributed by atoms with Crippen molar-refractivity contribution < 1.29 is 19.1 Å². The third kappa shape index (κ3) is 6.29. The first-order valence-electron chi connectivity index (χ1n) is 7.74. The Balaban J connectivity index is 2.70. The van der Waals surface area contributed by atoms with Crippen LogP contribution in [0.2, 0.25) is 5.02 Å². The minimum Gasteiger partial charge on any atom is -0.506 e. The number of hydrogen-bond donors (Lipinski definition) is 2. The Kier molecular flexibility index (Phi) is 7.92. The van der Waals surface area contributed by atoms with Crippen LogP contribution in [0.3, 0.4) is 0 Å². The fourth-order valence-corrected chi connectivity index (χ4v) is 3.62. The number of halogens is 1. The van der Waals surface area contributed by atoms with Crippen LogP contribution in [0.15, 0.2) is 12.1 Å². The summed E-state index contributed by atoms with van der Waals surface area (Å²) in [5, 5.41) is 10.1. The fourth-order valence-electron chi connectivity index (χ4n) is 2.22. The number of hydrogen-bond acceptors (Lipinski definition) is 3. The third-order valence-electron chi connectivity index (χ3n) is 3.45. The normalized spacial score (nSPS) is 14.3. The van der Waals surface area contributed by atoms with Crippen LogP contribution in [0.4, 0.5) is 0 Å². The summed E-state index contributed by atoms with van der Waals surface area (Å²) >= 11 is 5.99. The van der Waals surface area contributed by atoms with Crippen LogP contribution in [-0.2, 0) is 15.3 Å². The van der Waals surface area contributed by atoms with Crippen LogP contribution in [0, 0.1) is 0 Å². The standard InChI is InChI=1S/C16H26ClO4P/c1-4-5-6-7-8-21-22(19,20)11-13-9-14(12(2)3)16(18)15(17)10-13/h9-10,12,18H,4-8,11H2,1-3H3,(H,19,20). The van der Waals surface area contributed by atoms with Gasteiger partial charge in [-0.25, -0.2) is 0 Å². The number of rotatable bonds is 9. The van der Waals surface area contributed by atoms with Crippen LogP contribution in [0.5, 0.6) is 5.75 Å². The molecule has 1 atom stereocenters. The van der Waals surface area contributed by atoms with E-state index in [4.69, 9.17) is 16.1 Å². The molecule has 126 valence electrons. The molecule has 1 rings (SSSR count). The van der Waals surface area contributed by atoms with Gasteiger partial charge >= 0.3 is 7.60 Å². The van der Waals surface area contributed by atoms with E-state index in [0.717, 1.165) is 25.7 Å². The van der Waals surface area contributed by atoms with Gasteiger partial charge in [0.25, 0.3) is 0 Å². The van der Waals surface area contributed by atoms with Crippen molar-refractivity contribution in [3.05, 3.63) is 28.3 Å². The second-order valence-corrected chi connectivity index (χ2v) is 8.12. The summed E-state index contributed by atoms with van der Waals surface area (Å²) in [6.45, 7) is 6.26. The predicted octanol–water partition coefficient (Wildman–Crippen LogP) is 5.45. The maximum absolute atomic E-state index is 12.1. The van der Waals surface area contributed by atoms with Crippen LogP contribution in [0.25, 0.3) is 0 Å². The third-order valence-corrected chi connectivity index (χ3v) is 5.09. The molecule has 6 heteroatoms. The molecular weight excluding hydrogens is 323 g/mol. The van der Waals surface area contributed by atoms with Gasteiger partial charge in [-0.15, -0.1) is 0 Å². The van der Waals surface area contributed by atoms with E-state index in [0.29, 0.717) is 11.1 Å².